The number of nitrogens with one attached hydrogen (secondary N) is 1. The molecule has 138 valence electrons. The molecule has 0 radical (unpaired) electrons. The van der Waals surface area contributed by atoms with E-state index in [9.17, 15) is 4.79 Å². The number of anilines is 2. The second-order valence-corrected chi connectivity index (χ2v) is 7.23. The number of para-hydroxylation sites is 1. The Balaban J connectivity index is 1.78. The molecule has 2 aromatic heterocycles. The van der Waals surface area contributed by atoms with E-state index in [4.69, 9.17) is 4.42 Å². The fraction of sp³-hybridized carbons (Fsp3) is 0.0400. The minimum absolute atomic E-state index is 0.311. The van der Waals surface area contributed by atoms with Crippen LogP contribution in [0, 0.1) is 0 Å². The number of hydrogen-bond donors (Lipinski definition) is 1. The quantitative estimate of drug-likeness (QED) is 0.381. The minimum Gasteiger partial charge on any atom is -0.422 e. The van der Waals surface area contributed by atoms with Crippen molar-refractivity contribution < 1.29 is 4.42 Å². The van der Waals surface area contributed by atoms with E-state index in [1.165, 1.54) is 0 Å². The number of fused-ring (bicyclic) bond motifs is 6. The summed E-state index contributed by atoms with van der Waals surface area (Å²) >= 11 is 0. The van der Waals surface area contributed by atoms with Crippen molar-refractivity contribution >= 4 is 33.1 Å². The summed E-state index contributed by atoms with van der Waals surface area (Å²) in [5, 5.41) is 6.65. The van der Waals surface area contributed by atoms with Crippen molar-refractivity contribution in [1.82, 2.24) is 4.98 Å². The fourth-order valence-corrected chi connectivity index (χ4v) is 4.40. The van der Waals surface area contributed by atoms with Gasteiger partial charge in [-0.3, -0.25) is 4.98 Å². The first kappa shape index (κ1) is 16.1. The highest BCUT2D eigenvalue weighted by atomic mass is 16.4. The summed E-state index contributed by atoms with van der Waals surface area (Å²) in [6, 6.07) is 25.9. The van der Waals surface area contributed by atoms with E-state index >= 15 is 0 Å². The predicted molar refractivity (Wildman–Crippen MR) is 115 cm³/mol. The van der Waals surface area contributed by atoms with E-state index in [2.05, 4.69) is 34.6 Å². The Kier molecular flexibility index (Phi) is 3.35. The van der Waals surface area contributed by atoms with Gasteiger partial charge in [-0.15, -0.1) is 0 Å². The second-order valence-electron chi connectivity index (χ2n) is 7.23. The first-order valence-electron chi connectivity index (χ1n) is 9.56. The highest BCUT2D eigenvalue weighted by Gasteiger charge is 2.34. The maximum atomic E-state index is 13.2. The van der Waals surface area contributed by atoms with E-state index < -0.39 is 0 Å². The van der Waals surface area contributed by atoms with Crippen molar-refractivity contribution in [3.8, 4) is 0 Å². The van der Waals surface area contributed by atoms with Crippen LogP contribution in [0.15, 0.2) is 94.3 Å². The Morgan fingerprint density at radius 3 is 2.45 bits per heavy atom. The maximum absolute atomic E-state index is 13.2. The molecule has 0 aliphatic carbocycles. The first-order valence-corrected chi connectivity index (χ1v) is 9.56. The monoisotopic (exact) mass is 376 g/mol. The summed E-state index contributed by atoms with van der Waals surface area (Å²) in [6.07, 6.45) is 1.77. The summed E-state index contributed by atoms with van der Waals surface area (Å²) in [5.41, 5.74) is 4.52. The number of benzene rings is 3. The van der Waals surface area contributed by atoms with Crippen molar-refractivity contribution in [1.29, 1.82) is 0 Å². The van der Waals surface area contributed by atoms with Crippen LogP contribution >= 0.6 is 0 Å². The lowest BCUT2D eigenvalue weighted by atomic mass is 9.81. The number of rotatable bonds is 1. The normalized spacial score (nSPS) is 15.0. The molecule has 0 amide bonds. The standard InChI is InChI=1S/C25H16N2O2/c28-25-23-22(18-10-5-6-14-26-18)21-16-8-2-1-7-15(16)12-13-19(21)27-24(23)17-9-3-4-11-20(17)29-25/h1-14,22,27H. The van der Waals surface area contributed by atoms with E-state index in [1.54, 1.807) is 6.20 Å². The van der Waals surface area contributed by atoms with Gasteiger partial charge in [0.2, 0.25) is 0 Å². The van der Waals surface area contributed by atoms with Crippen LogP contribution in [0.25, 0.3) is 21.7 Å². The lowest BCUT2D eigenvalue weighted by Gasteiger charge is -2.30. The van der Waals surface area contributed by atoms with Crippen molar-refractivity contribution in [2.24, 2.45) is 0 Å². The Hall–Kier alpha value is -3.92. The van der Waals surface area contributed by atoms with Crippen molar-refractivity contribution in [2.75, 3.05) is 5.32 Å². The molecule has 0 fully saturated rings. The van der Waals surface area contributed by atoms with Crippen molar-refractivity contribution in [3.63, 3.8) is 0 Å². The van der Waals surface area contributed by atoms with Crippen molar-refractivity contribution in [3.05, 3.63) is 112 Å². The van der Waals surface area contributed by atoms with Gasteiger partial charge in [-0.05, 0) is 46.7 Å². The van der Waals surface area contributed by atoms with Gasteiger partial charge in [0.05, 0.1) is 22.9 Å². The highest BCUT2D eigenvalue weighted by Crippen LogP contribution is 2.47. The average Bonchev–Trinajstić information content (AvgIpc) is 2.78. The lowest BCUT2D eigenvalue weighted by molar-refractivity contribution is 0.548. The molecular formula is C25H16N2O2. The zero-order valence-electron chi connectivity index (χ0n) is 15.4. The molecule has 1 aliphatic heterocycles. The van der Waals surface area contributed by atoms with Crippen LogP contribution in [0.2, 0.25) is 0 Å². The third kappa shape index (κ3) is 2.32. The smallest absolute Gasteiger partial charge is 0.342 e. The molecular weight excluding hydrogens is 360 g/mol. The second kappa shape index (κ2) is 6.04. The third-order valence-corrected chi connectivity index (χ3v) is 5.64. The molecule has 4 heteroatoms. The van der Waals surface area contributed by atoms with Gasteiger partial charge in [0.15, 0.2) is 0 Å². The predicted octanol–water partition coefficient (Wildman–Crippen LogP) is 5.58. The molecule has 6 rings (SSSR count). The minimum atomic E-state index is -0.333. The summed E-state index contributed by atoms with van der Waals surface area (Å²) < 4.78 is 5.72. The van der Waals surface area contributed by atoms with E-state index in [0.29, 0.717) is 11.1 Å². The number of nitrogens with zero attached hydrogens (tertiary/aromatic N) is 1. The molecule has 0 spiro atoms. The topological polar surface area (TPSA) is 55.1 Å². The van der Waals surface area contributed by atoms with Crippen molar-refractivity contribution in [2.45, 2.75) is 5.92 Å². The average molecular weight is 376 g/mol. The van der Waals surface area contributed by atoms with Crippen LogP contribution in [0.4, 0.5) is 11.4 Å². The Morgan fingerprint density at radius 2 is 1.59 bits per heavy atom. The number of hydrogen-bond acceptors (Lipinski definition) is 4. The Labute approximate surface area is 166 Å². The molecule has 4 nitrogen and oxygen atoms in total. The van der Waals surface area contributed by atoms with Gasteiger partial charge in [0.25, 0.3) is 0 Å². The maximum Gasteiger partial charge on any atom is 0.342 e. The molecule has 0 saturated carbocycles. The molecule has 0 bridgehead atoms. The molecule has 3 aromatic carbocycles. The molecule has 1 unspecified atom stereocenters. The van der Waals surface area contributed by atoms with Gasteiger partial charge in [0, 0.05) is 17.3 Å². The van der Waals surface area contributed by atoms with Crippen LogP contribution in [0.5, 0.6) is 0 Å². The van der Waals surface area contributed by atoms with Gasteiger partial charge in [-0.25, -0.2) is 4.79 Å². The van der Waals surface area contributed by atoms with E-state index in [1.807, 2.05) is 54.6 Å². The zero-order chi connectivity index (χ0) is 19.4. The van der Waals surface area contributed by atoms with Crippen LogP contribution in [-0.2, 0) is 0 Å². The summed E-state index contributed by atoms with van der Waals surface area (Å²) in [4.78, 5) is 17.8. The largest absolute Gasteiger partial charge is 0.422 e. The SMILES string of the molecule is O=c1oc2ccccc2c2c1C(c1ccccn1)c1c(ccc3ccccc13)N2. The van der Waals surface area contributed by atoms with Gasteiger partial charge in [-0.2, -0.15) is 0 Å². The molecule has 29 heavy (non-hydrogen) atoms. The van der Waals surface area contributed by atoms with Gasteiger partial charge >= 0.3 is 5.63 Å². The van der Waals surface area contributed by atoms with Crippen LogP contribution in [0.3, 0.4) is 0 Å². The van der Waals surface area contributed by atoms with Crippen LogP contribution in [-0.4, -0.2) is 4.98 Å². The van der Waals surface area contributed by atoms with Gasteiger partial charge in [-0.1, -0.05) is 48.5 Å². The Morgan fingerprint density at radius 1 is 0.793 bits per heavy atom. The summed E-state index contributed by atoms with van der Waals surface area (Å²) in [7, 11) is 0. The molecule has 5 aromatic rings. The summed E-state index contributed by atoms with van der Waals surface area (Å²) in [6.45, 7) is 0. The number of pyridine rings is 1. The van der Waals surface area contributed by atoms with Crippen LogP contribution < -0.4 is 10.9 Å². The highest BCUT2D eigenvalue weighted by molar-refractivity contribution is 6.00. The van der Waals surface area contributed by atoms with Crippen LogP contribution in [0.1, 0.15) is 22.7 Å². The first-order chi connectivity index (χ1) is 14.3. The summed E-state index contributed by atoms with van der Waals surface area (Å²) in [5.74, 6) is -0.311. The lowest BCUT2D eigenvalue weighted by Crippen LogP contribution is -2.23. The van der Waals surface area contributed by atoms with Gasteiger partial charge < -0.3 is 9.73 Å². The molecule has 1 atom stereocenters. The molecule has 1 aliphatic rings. The fourth-order valence-electron chi connectivity index (χ4n) is 4.40. The Bertz CT molecular complexity index is 1450. The molecule has 3 heterocycles. The third-order valence-electron chi connectivity index (χ3n) is 5.64. The number of aromatic nitrogens is 1. The molecule has 0 saturated heterocycles. The van der Waals surface area contributed by atoms with E-state index in [0.717, 1.165) is 38.8 Å². The zero-order valence-corrected chi connectivity index (χ0v) is 15.4. The van der Waals surface area contributed by atoms with Gasteiger partial charge in [0.1, 0.15) is 5.58 Å². The molecule has 1 N–H and O–H groups in total. The van der Waals surface area contributed by atoms with E-state index in [-0.39, 0.29) is 11.5 Å².